The summed E-state index contributed by atoms with van der Waals surface area (Å²) in [7, 11) is 1.69. The molecule has 3 aromatic rings. The van der Waals surface area contributed by atoms with E-state index in [-0.39, 0.29) is 25.0 Å². The molecule has 1 N–H and O–H groups in total. The average Bonchev–Trinajstić information content (AvgIpc) is 3.28. The Bertz CT molecular complexity index is 1090. The third-order valence-corrected chi connectivity index (χ3v) is 5.71. The quantitative estimate of drug-likeness (QED) is 0.270. The first-order valence-corrected chi connectivity index (χ1v) is 12.3. The number of nitrogens with zero attached hydrogens (tertiary/aromatic N) is 2. The molecule has 1 heterocycles. The van der Waals surface area contributed by atoms with Crippen molar-refractivity contribution in [1.29, 1.82) is 0 Å². The number of benzene rings is 2. The summed E-state index contributed by atoms with van der Waals surface area (Å²) in [6.45, 7) is 6.15. The minimum Gasteiger partial charge on any atom is -0.461 e. The molecule has 194 valence electrons. The number of fused-ring (bicyclic) bond motifs is 1. The van der Waals surface area contributed by atoms with E-state index in [1.807, 2.05) is 69.3 Å². The van der Waals surface area contributed by atoms with Gasteiger partial charge in [0.05, 0.1) is 6.42 Å². The Morgan fingerprint density at radius 2 is 1.75 bits per heavy atom. The van der Waals surface area contributed by atoms with Gasteiger partial charge in [0, 0.05) is 19.5 Å². The molecule has 1 unspecified atom stereocenters. The molecule has 0 aliphatic carbocycles. The zero-order valence-corrected chi connectivity index (χ0v) is 21.5. The van der Waals surface area contributed by atoms with Crippen molar-refractivity contribution < 1.29 is 28.6 Å². The molecule has 0 saturated carbocycles. The van der Waals surface area contributed by atoms with Crippen LogP contribution in [0.2, 0.25) is 0 Å². The van der Waals surface area contributed by atoms with E-state index < -0.39 is 23.6 Å². The van der Waals surface area contributed by atoms with Gasteiger partial charge >= 0.3 is 12.1 Å². The lowest BCUT2D eigenvalue weighted by Gasteiger charge is -2.25. The lowest BCUT2D eigenvalue weighted by Crippen LogP contribution is -2.34. The molecule has 8 heteroatoms. The predicted molar refractivity (Wildman–Crippen MR) is 136 cm³/mol. The molecule has 0 bridgehead atoms. The van der Waals surface area contributed by atoms with E-state index >= 15 is 0 Å². The molecule has 8 nitrogen and oxygen atoms in total. The molecular formula is C28H36N2O6. The number of aromatic nitrogens is 1. The number of ether oxygens (including phenoxy) is 2. The van der Waals surface area contributed by atoms with E-state index in [9.17, 15) is 14.7 Å². The number of hydrogen-bond acceptors (Lipinski definition) is 7. The van der Waals surface area contributed by atoms with Gasteiger partial charge in [0.2, 0.25) is 5.89 Å². The van der Waals surface area contributed by atoms with Crippen LogP contribution in [-0.4, -0.2) is 46.2 Å². The number of rotatable bonds is 11. The topological polar surface area (TPSA) is 102 Å². The van der Waals surface area contributed by atoms with Gasteiger partial charge in [-0.2, -0.15) is 0 Å². The summed E-state index contributed by atoms with van der Waals surface area (Å²) < 4.78 is 16.6. The number of amides is 1. The van der Waals surface area contributed by atoms with Crippen molar-refractivity contribution in [2.45, 2.75) is 64.8 Å². The van der Waals surface area contributed by atoms with Crippen molar-refractivity contribution in [3.8, 4) is 0 Å². The second kappa shape index (κ2) is 12.5. The Hall–Kier alpha value is -3.39. The molecule has 0 fully saturated rings. The summed E-state index contributed by atoms with van der Waals surface area (Å²) in [6.07, 6.45) is 0.476. The van der Waals surface area contributed by atoms with Gasteiger partial charge in [-0.15, -0.1) is 0 Å². The Labute approximate surface area is 212 Å². The number of unbranched alkanes of at least 4 members (excludes halogenated alkanes) is 1. The van der Waals surface area contributed by atoms with Crippen LogP contribution in [0.15, 0.2) is 59.0 Å². The van der Waals surface area contributed by atoms with Gasteiger partial charge in [-0.25, -0.2) is 9.78 Å². The Morgan fingerprint density at radius 1 is 1.06 bits per heavy atom. The maximum absolute atomic E-state index is 12.6. The maximum Gasteiger partial charge on any atom is 0.410 e. The summed E-state index contributed by atoms with van der Waals surface area (Å²) in [5.41, 5.74) is 1.57. The normalized spacial score (nSPS) is 13.2. The first-order chi connectivity index (χ1) is 17.1. The summed E-state index contributed by atoms with van der Waals surface area (Å²) in [5, 5.41) is 11.1. The average molecular weight is 497 g/mol. The fourth-order valence-electron chi connectivity index (χ4n) is 3.79. The molecule has 0 aliphatic rings. The largest absolute Gasteiger partial charge is 0.461 e. The number of hydrogen-bond donors (Lipinski definition) is 1. The van der Waals surface area contributed by atoms with Crippen LogP contribution >= 0.6 is 0 Å². The van der Waals surface area contributed by atoms with Gasteiger partial charge in [-0.05, 0) is 51.3 Å². The fraction of sp³-hybridized carbons (Fsp3) is 0.464. The van der Waals surface area contributed by atoms with E-state index in [0.29, 0.717) is 36.9 Å². The van der Waals surface area contributed by atoms with Gasteiger partial charge in [0.15, 0.2) is 5.58 Å². The van der Waals surface area contributed by atoms with Crippen molar-refractivity contribution >= 4 is 23.2 Å². The van der Waals surface area contributed by atoms with Crippen molar-refractivity contribution in [3.63, 3.8) is 0 Å². The van der Waals surface area contributed by atoms with E-state index in [4.69, 9.17) is 13.9 Å². The second-order valence-electron chi connectivity index (χ2n) is 9.97. The van der Waals surface area contributed by atoms with Gasteiger partial charge in [-0.1, -0.05) is 48.9 Å². The molecule has 1 amide bonds. The van der Waals surface area contributed by atoms with Crippen molar-refractivity contribution in [3.05, 3.63) is 66.1 Å². The van der Waals surface area contributed by atoms with Crippen molar-refractivity contribution in [2.24, 2.45) is 5.92 Å². The lowest BCUT2D eigenvalue weighted by atomic mass is 9.92. The van der Waals surface area contributed by atoms with Crippen LogP contribution in [0.1, 0.15) is 64.0 Å². The molecular weight excluding hydrogens is 460 g/mol. The molecule has 36 heavy (non-hydrogen) atoms. The number of esters is 1. The molecule has 0 saturated heterocycles. The Kier molecular flexibility index (Phi) is 9.47. The Morgan fingerprint density at radius 3 is 2.44 bits per heavy atom. The van der Waals surface area contributed by atoms with Crippen LogP contribution in [-0.2, 0) is 20.9 Å². The van der Waals surface area contributed by atoms with Crippen LogP contribution in [0, 0.1) is 5.92 Å². The standard InChI is InChI=1S/C28H36N2O6/c1-28(2,3)36-27(33)30(4)17-11-10-14-21(18-24(31)34-19-20-12-6-5-7-13-20)25(32)26-29-22-15-8-9-16-23(22)35-26/h5-9,12-13,15-16,21,25,32H,10-11,14,17-19H2,1-4H3/t21-,25?/m1/s1. The minimum absolute atomic E-state index is 0.0225. The zero-order chi connectivity index (χ0) is 26.1. The molecule has 0 radical (unpaired) electrons. The first kappa shape index (κ1) is 27.2. The van der Waals surface area contributed by atoms with Crippen molar-refractivity contribution in [2.75, 3.05) is 13.6 Å². The second-order valence-corrected chi connectivity index (χ2v) is 9.97. The van der Waals surface area contributed by atoms with E-state index in [1.165, 1.54) is 4.90 Å². The number of aliphatic hydroxyl groups is 1. The third kappa shape index (κ3) is 8.37. The van der Waals surface area contributed by atoms with Crippen molar-refractivity contribution in [1.82, 2.24) is 9.88 Å². The van der Waals surface area contributed by atoms with E-state index in [2.05, 4.69) is 4.98 Å². The lowest BCUT2D eigenvalue weighted by molar-refractivity contribution is -0.147. The fourth-order valence-corrected chi connectivity index (χ4v) is 3.79. The van der Waals surface area contributed by atoms with Gasteiger partial charge in [0.1, 0.15) is 23.8 Å². The Balaban J connectivity index is 1.60. The highest BCUT2D eigenvalue weighted by molar-refractivity contribution is 5.72. The highest BCUT2D eigenvalue weighted by atomic mass is 16.6. The predicted octanol–water partition coefficient (Wildman–Crippen LogP) is 5.65. The number of carbonyl (C=O) groups excluding carboxylic acids is 2. The molecule has 2 atom stereocenters. The van der Waals surface area contributed by atoms with Crippen LogP contribution in [0.25, 0.3) is 11.1 Å². The van der Waals surface area contributed by atoms with Gasteiger partial charge in [0.25, 0.3) is 0 Å². The number of aliphatic hydroxyl groups excluding tert-OH is 1. The molecule has 3 rings (SSSR count). The molecule has 1 aromatic heterocycles. The monoisotopic (exact) mass is 496 g/mol. The summed E-state index contributed by atoms with van der Waals surface area (Å²) in [4.78, 5) is 30.8. The zero-order valence-electron chi connectivity index (χ0n) is 21.5. The summed E-state index contributed by atoms with van der Waals surface area (Å²) in [5.74, 6) is -0.666. The van der Waals surface area contributed by atoms with Gasteiger partial charge in [-0.3, -0.25) is 4.79 Å². The number of oxazole rings is 1. The first-order valence-electron chi connectivity index (χ1n) is 12.3. The summed E-state index contributed by atoms with van der Waals surface area (Å²) in [6, 6.07) is 16.7. The maximum atomic E-state index is 12.6. The molecule has 0 spiro atoms. The number of para-hydroxylation sites is 2. The van der Waals surface area contributed by atoms with Crippen LogP contribution in [0.3, 0.4) is 0 Å². The van der Waals surface area contributed by atoms with Crippen LogP contribution in [0.5, 0.6) is 0 Å². The van der Waals surface area contributed by atoms with E-state index in [0.717, 1.165) is 5.56 Å². The highest BCUT2D eigenvalue weighted by Crippen LogP contribution is 2.31. The molecule has 2 aromatic carbocycles. The van der Waals surface area contributed by atoms with Gasteiger partial charge < -0.3 is 23.9 Å². The SMILES string of the molecule is CN(CCCC[C@H](CC(=O)OCc1ccccc1)C(O)c1nc2ccccc2o1)C(=O)OC(C)(C)C. The number of carbonyl (C=O) groups is 2. The van der Waals surface area contributed by atoms with E-state index in [1.54, 1.807) is 13.1 Å². The highest BCUT2D eigenvalue weighted by Gasteiger charge is 2.28. The third-order valence-electron chi connectivity index (χ3n) is 5.71. The minimum atomic E-state index is -1.06. The summed E-state index contributed by atoms with van der Waals surface area (Å²) >= 11 is 0. The van der Waals surface area contributed by atoms with Crippen LogP contribution < -0.4 is 0 Å². The molecule has 0 aliphatic heterocycles. The smallest absolute Gasteiger partial charge is 0.410 e. The van der Waals surface area contributed by atoms with Crippen LogP contribution in [0.4, 0.5) is 4.79 Å².